The van der Waals surface area contributed by atoms with Crippen LogP contribution in [0.5, 0.6) is 0 Å². The quantitative estimate of drug-likeness (QED) is 0.626. The topological polar surface area (TPSA) is 89.0 Å². The van der Waals surface area contributed by atoms with Gasteiger partial charge in [0.05, 0.1) is 10.6 Å². The Morgan fingerprint density at radius 3 is 2.30 bits per heavy atom. The van der Waals surface area contributed by atoms with Gasteiger partial charge in [-0.05, 0) is 24.1 Å². The first-order valence-corrected chi connectivity index (χ1v) is 10.9. The van der Waals surface area contributed by atoms with E-state index in [0.29, 0.717) is 5.13 Å². The molecular weight excluding hydrogens is 382 g/mol. The Morgan fingerprint density at radius 1 is 0.926 bits per heavy atom. The fourth-order valence-electron chi connectivity index (χ4n) is 2.46. The number of anilines is 1. The number of amides is 1. The molecule has 0 bridgehead atoms. The van der Waals surface area contributed by atoms with E-state index in [1.54, 1.807) is 18.2 Å². The largest absolute Gasteiger partial charge is 0.301 e. The molecule has 0 radical (unpaired) electrons. The van der Waals surface area contributed by atoms with E-state index in [9.17, 15) is 13.2 Å². The molecule has 3 aromatic rings. The van der Waals surface area contributed by atoms with Crippen LogP contribution in [0.1, 0.15) is 17.0 Å². The number of hydrogen-bond acceptors (Lipinski definition) is 6. The number of aromatic nitrogens is 2. The van der Waals surface area contributed by atoms with Gasteiger partial charge in [-0.3, -0.25) is 4.79 Å². The van der Waals surface area contributed by atoms with Crippen LogP contribution >= 0.6 is 11.3 Å². The van der Waals surface area contributed by atoms with Gasteiger partial charge in [0.15, 0.2) is 9.84 Å². The highest BCUT2D eigenvalue weighted by molar-refractivity contribution is 7.91. The second kappa shape index (κ2) is 8.88. The van der Waals surface area contributed by atoms with E-state index >= 15 is 0 Å². The highest BCUT2D eigenvalue weighted by Crippen LogP contribution is 2.18. The average molecular weight is 402 g/mol. The van der Waals surface area contributed by atoms with Crippen LogP contribution < -0.4 is 5.32 Å². The molecule has 0 saturated heterocycles. The van der Waals surface area contributed by atoms with Crippen molar-refractivity contribution in [3.8, 4) is 0 Å². The van der Waals surface area contributed by atoms with Crippen molar-refractivity contribution in [2.75, 3.05) is 11.1 Å². The molecular formula is C19H19N3O3S2. The minimum Gasteiger partial charge on any atom is -0.301 e. The van der Waals surface area contributed by atoms with Crippen LogP contribution in [0.4, 0.5) is 5.13 Å². The van der Waals surface area contributed by atoms with Crippen molar-refractivity contribution in [1.82, 2.24) is 10.2 Å². The molecule has 0 atom stereocenters. The van der Waals surface area contributed by atoms with E-state index in [2.05, 4.69) is 27.6 Å². The van der Waals surface area contributed by atoms with E-state index in [4.69, 9.17) is 0 Å². The van der Waals surface area contributed by atoms with E-state index in [0.717, 1.165) is 17.8 Å². The van der Waals surface area contributed by atoms with Crippen LogP contribution in [0.3, 0.4) is 0 Å². The number of benzene rings is 2. The smallest absolute Gasteiger partial charge is 0.227 e. The highest BCUT2D eigenvalue weighted by Gasteiger charge is 2.17. The molecule has 1 N–H and O–H groups in total. The summed E-state index contributed by atoms with van der Waals surface area (Å²) in [6.45, 7) is 0. The minimum atomic E-state index is -3.48. The summed E-state index contributed by atoms with van der Waals surface area (Å²) in [5.74, 6) is -0.636. The first kappa shape index (κ1) is 19.2. The van der Waals surface area contributed by atoms with E-state index in [-0.39, 0.29) is 23.0 Å². The zero-order valence-electron chi connectivity index (χ0n) is 14.5. The molecule has 8 heteroatoms. The summed E-state index contributed by atoms with van der Waals surface area (Å²) in [7, 11) is -3.48. The second-order valence-corrected chi connectivity index (χ2v) is 9.09. The number of carbonyl (C=O) groups is 1. The molecule has 0 spiro atoms. The Labute approximate surface area is 162 Å². The molecule has 0 unspecified atom stereocenters. The van der Waals surface area contributed by atoms with Crippen molar-refractivity contribution < 1.29 is 13.2 Å². The first-order chi connectivity index (χ1) is 13.0. The molecule has 0 aliphatic heterocycles. The monoisotopic (exact) mass is 401 g/mol. The third kappa shape index (κ3) is 5.70. The Kier molecular flexibility index (Phi) is 6.31. The van der Waals surface area contributed by atoms with Gasteiger partial charge < -0.3 is 5.32 Å². The van der Waals surface area contributed by atoms with Gasteiger partial charge in [-0.15, -0.1) is 10.2 Å². The van der Waals surface area contributed by atoms with E-state index < -0.39 is 9.84 Å². The molecule has 3 rings (SSSR count). The third-order valence-electron chi connectivity index (χ3n) is 3.88. The molecule has 0 aliphatic carbocycles. The number of carbonyl (C=O) groups excluding carboxylic acids is 1. The number of rotatable bonds is 8. The van der Waals surface area contributed by atoms with Crippen molar-refractivity contribution in [2.24, 2.45) is 0 Å². The standard InChI is InChI=1S/C19H19N3O3S2/c23-17(13-14-27(24,25)16-9-5-2-6-10-16)20-19-22-21-18(26-19)12-11-15-7-3-1-4-8-15/h1-10H,11-14H2,(H,20,22,23). The number of aryl methyl sites for hydroxylation is 2. The lowest BCUT2D eigenvalue weighted by Crippen LogP contribution is -2.17. The number of nitrogens with zero attached hydrogens (tertiary/aromatic N) is 2. The highest BCUT2D eigenvalue weighted by atomic mass is 32.2. The molecule has 0 aliphatic rings. The van der Waals surface area contributed by atoms with Gasteiger partial charge in [0, 0.05) is 12.8 Å². The first-order valence-electron chi connectivity index (χ1n) is 8.47. The maximum absolute atomic E-state index is 12.2. The van der Waals surface area contributed by atoms with Gasteiger partial charge in [0.1, 0.15) is 5.01 Å². The van der Waals surface area contributed by atoms with Crippen LogP contribution in [-0.2, 0) is 27.5 Å². The van der Waals surface area contributed by atoms with Gasteiger partial charge in [-0.1, -0.05) is 59.9 Å². The van der Waals surface area contributed by atoms with Crippen molar-refractivity contribution >= 4 is 32.2 Å². The van der Waals surface area contributed by atoms with Crippen molar-refractivity contribution in [3.63, 3.8) is 0 Å². The summed E-state index contributed by atoms with van der Waals surface area (Å²) in [6.07, 6.45) is 1.45. The van der Waals surface area contributed by atoms with Crippen LogP contribution in [0.2, 0.25) is 0 Å². The molecule has 2 aromatic carbocycles. The number of hydrogen-bond donors (Lipinski definition) is 1. The molecule has 1 amide bonds. The van der Waals surface area contributed by atoms with Crippen LogP contribution in [0, 0.1) is 0 Å². The zero-order chi connectivity index (χ0) is 19.1. The van der Waals surface area contributed by atoms with Crippen LogP contribution in [0.15, 0.2) is 65.6 Å². The summed E-state index contributed by atoms with van der Waals surface area (Å²) >= 11 is 1.31. The predicted molar refractivity (Wildman–Crippen MR) is 106 cm³/mol. The normalized spacial score (nSPS) is 11.3. The Balaban J connectivity index is 1.49. The predicted octanol–water partition coefficient (Wildman–Crippen LogP) is 3.13. The molecule has 27 heavy (non-hydrogen) atoms. The van der Waals surface area contributed by atoms with Crippen LogP contribution in [0.25, 0.3) is 0 Å². The fourth-order valence-corrected chi connectivity index (χ4v) is 4.47. The molecule has 1 aromatic heterocycles. The minimum absolute atomic E-state index is 0.129. The maximum atomic E-state index is 12.2. The van der Waals surface area contributed by atoms with E-state index in [1.165, 1.54) is 29.0 Å². The van der Waals surface area contributed by atoms with Crippen LogP contribution in [-0.4, -0.2) is 30.3 Å². The molecule has 0 fully saturated rings. The third-order valence-corrected chi connectivity index (χ3v) is 6.51. The lowest BCUT2D eigenvalue weighted by molar-refractivity contribution is -0.115. The van der Waals surface area contributed by atoms with Gasteiger partial charge in [-0.25, -0.2) is 8.42 Å². The molecule has 1 heterocycles. The summed E-state index contributed by atoms with van der Waals surface area (Å²) in [4.78, 5) is 12.3. The zero-order valence-corrected chi connectivity index (χ0v) is 16.2. The van der Waals surface area contributed by atoms with E-state index in [1.807, 2.05) is 18.2 Å². The summed E-state index contributed by atoms with van der Waals surface area (Å²) in [6, 6.07) is 18.2. The van der Waals surface area contributed by atoms with Gasteiger partial charge >= 0.3 is 0 Å². The molecule has 140 valence electrons. The summed E-state index contributed by atoms with van der Waals surface area (Å²) < 4.78 is 24.4. The number of sulfone groups is 1. The number of nitrogens with one attached hydrogen (secondary N) is 1. The summed E-state index contributed by atoms with van der Waals surface area (Å²) in [5, 5.41) is 11.9. The fraction of sp³-hybridized carbons (Fsp3) is 0.211. The second-order valence-electron chi connectivity index (χ2n) is 5.92. The average Bonchev–Trinajstić information content (AvgIpc) is 3.14. The molecule has 0 saturated carbocycles. The van der Waals surface area contributed by atoms with Crippen molar-refractivity contribution in [1.29, 1.82) is 0 Å². The Hall–Kier alpha value is -2.58. The summed E-state index contributed by atoms with van der Waals surface area (Å²) in [5.41, 5.74) is 1.21. The SMILES string of the molecule is O=C(CCS(=O)(=O)c1ccccc1)Nc1nnc(CCc2ccccc2)s1. The molecule has 6 nitrogen and oxygen atoms in total. The van der Waals surface area contributed by atoms with Gasteiger partial charge in [-0.2, -0.15) is 0 Å². The lowest BCUT2D eigenvalue weighted by Gasteiger charge is -2.04. The van der Waals surface area contributed by atoms with Gasteiger partial charge in [0.2, 0.25) is 11.0 Å². The maximum Gasteiger partial charge on any atom is 0.227 e. The van der Waals surface area contributed by atoms with Crippen molar-refractivity contribution in [3.05, 3.63) is 71.2 Å². The van der Waals surface area contributed by atoms with Gasteiger partial charge in [0.25, 0.3) is 0 Å². The Morgan fingerprint density at radius 2 is 1.59 bits per heavy atom. The lowest BCUT2D eigenvalue weighted by atomic mass is 10.1. The Bertz CT molecular complexity index is 987. The van der Waals surface area contributed by atoms with Crippen molar-refractivity contribution in [2.45, 2.75) is 24.2 Å².